The van der Waals surface area contributed by atoms with Gasteiger partial charge in [-0.1, -0.05) is 6.92 Å². The smallest absolute Gasteiger partial charge is 0.0600 e. The summed E-state index contributed by atoms with van der Waals surface area (Å²) in [5, 5.41) is 3.20. The number of likely N-dealkylation sites (N-methyl/N-ethyl adjacent to an activating group) is 1. The number of nitrogens with one attached hydrogen (secondary N) is 1. The van der Waals surface area contributed by atoms with E-state index >= 15 is 0 Å². The van der Waals surface area contributed by atoms with Gasteiger partial charge in [0.05, 0.1) is 12.2 Å². The number of nitrogens with zero attached hydrogens (tertiary/aromatic N) is 1. The lowest BCUT2D eigenvalue weighted by Gasteiger charge is -2.24. The predicted octanol–water partition coefficient (Wildman–Crippen LogP) is 1.59. The molecule has 3 heteroatoms. The van der Waals surface area contributed by atoms with Gasteiger partial charge in [0, 0.05) is 13.1 Å². The summed E-state index contributed by atoms with van der Waals surface area (Å²) in [5.74, 6) is 0.689. The van der Waals surface area contributed by atoms with Crippen molar-refractivity contribution >= 4 is 0 Å². The summed E-state index contributed by atoms with van der Waals surface area (Å²) in [6.07, 6.45) is 0. The summed E-state index contributed by atoms with van der Waals surface area (Å²) < 4.78 is 5.68. The van der Waals surface area contributed by atoms with E-state index < -0.39 is 0 Å². The van der Waals surface area contributed by atoms with Crippen LogP contribution in [-0.4, -0.2) is 50.8 Å². The number of hydrogen-bond donors (Lipinski definition) is 1. The first-order chi connectivity index (χ1) is 6.85. The third-order valence-corrected chi connectivity index (χ3v) is 2.18. The van der Waals surface area contributed by atoms with E-state index in [4.69, 9.17) is 4.74 Å². The zero-order valence-corrected chi connectivity index (χ0v) is 11.3. The summed E-state index contributed by atoms with van der Waals surface area (Å²) in [7, 11) is 4.15. The lowest BCUT2D eigenvalue weighted by molar-refractivity contribution is -0.0116. The van der Waals surface area contributed by atoms with Gasteiger partial charge in [-0.15, -0.1) is 0 Å². The molecule has 0 aromatic heterocycles. The number of hydrogen-bond acceptors (Lipinski definition) is 3. The van der Waals surface area contributed by atoms with E-state index in [1.165, 1.54) is 0 Å². The van der Waals surface area contributed by atoms with Gasteiger partial charge in [-0.2, -0.15) is 0 Å². The Bertz CT molecular complexity index is 154. The molecule has 0 saturated carbocycles. The predicted molar refractivity (Wildman–Crippen MR) is 66.3 cm³/mol. The zero-order valence-electron chi connectivity index (χ0n) is 11.3. The Morgan fingerprint density at radius 3 is 2.40 bits per heavy atom. The molecule has 0 aliphatic heterocycles. The van der Waals surface area contributed by atoms with Crippen molar-refractivity contribution in [1.29, 1.82) is 0 Å². The third kappa shape index (κ3) is 10.2. The lowest BCUT2D eigenvalue weighted by Crippen LogP contribution is -2.33. The van der Waals surface area contributed by atoms with Crippen LogP contribution in [-0.2, 0) is 4.74 Å². The van der Waals surface area contributed by atoms with Gasteiger partial charge < -0.3 is 15.0 Å². The molecule has 0 spiro atoms. The van der Waals surface area contributed by atoms with E-state index in [0.717, 1.165) is 26.2 Å². The maximum Gasteiger partial charge on any atom is 0.0600 e. The van der Waals surface area contributed by atoms with Crippen LogP contribution in [0.4, 0.5) is 0 Å². The number of rotatable bonds is 7. The summed E-state index contributed by atoms with van der Waals surface area (Å²) in [6.45, 7) is 12.6. The second-order valence-electron chi connectivity index (χ2n) is 5.39. The molecular formula is C12H28N2O. The first kappa shape index (κ1) is 14.9. The molecule has 0 radical (unpaired) electrons. The van der Waals surface area contributed by atoms with Crippen LogP contribution in [0.15, 0.2) is 0 Å². The van der Waals surface area contributed by atoms with Crippen LogP contribution in [0.25, 0.3) is 0 Å². The molecule has 1 unspecified atom stereocenters. The van der Waals surface area contributed by atoms with Crippen molar-refractivity contribution < 1.29 is 4.74 Å². The molecule has 0 heterocycles. The third-order valence-electron chi connectivity index (χ3n) is 2.18. The Balaban J connectivity index is 3.53. The Morgan fingerprint density at radius 1 is 1.33 bits per heavy atom. The van der Waals surface area contributed by atoms with Gasteiger partial charge in [-0.05, 0) is 47.3 Å². The van der Waals surface area contributed by atoms with E-state index in [0.29, 0.717) is 5.92 Å². The second-order valence-corrected chi connectivity index (χ2v) is 5.39. The van der Waals surface area contributed by atoms with Crippen LogP contribution in [0.3, 0.4) is 0 Å². The zero-order chi connectivity index (χ0) is 11.9. The van der Waals surface area contributed by atoms with Crippen molar-refractivity contribution in [1.82, 2.24) is 10.2 Å². The standard InChI is InChI=1S/C12H28N2O/c1-11(9-13-5)10-14(6)7-8-15-12(2,3)4/h11,13H,7-10H2,1-6H3. The Morgan fingerprint density at radius 2 is 1.93 bits per heavy atom. The summed E-state index contributed by atoms with van der Waals surface area (Å²) >= 11 is 0. The topological polar surface area (TPSA) is 24.5 Å². The van der Waals surface area contributed by atoms with Crippen molar-refractivity contribution in [3.05, 3.63) is 0 Å². The van der Waals surface area contributed by atoms with E-state index in [1.54, 1.807) is 0 Å². The monoisotopic (exact) mass is 216 g/mol. The average Bonchev–Trinajstić information content (AvgIpc) is 2.01. The van der Waals surface area contributed by atoms with Crippen molar-refractivity contribution in [3.8, 4) is 0 Å². The van der Waals surface area contributed by atoms with Crippen LogP contribution in [0.2, 0.25) is 0 Å². The fourth-order valence-corrected chi connectivity index (χ4v) is 1.54. The van der Waals surface area contributed by atoms with E-state index in [-0.39, 0.29) is 5.60 Å². The highest BCUT2D eigenvalue weighted by molar-refractivity contribution is 4.63. The quantitative estimate of drug-likeness (QED) is 0.699. The Labute approximate surface area is 95.2 Å². The Hall–Kier alpha value is -0.120. The van der Waals surface area contributed by atoms with Gasteiger partial charge >= 0.3 is 0 Å². The fraction of sp³-hybridized carbons (Fsp3) is 1.00. The lowest BCUT2D eigenvalue weighted by atomic mass is 10.1. The molecule has 0 aliphatic rings. The van der Waals surface area contributed by atoms with Crippen molar-refractivity contribution in [3.63, 3.8) is 0 Å². The molecule has 1 N–H and O–H groups in total. The van der Waals surface area contributed by atoms with Crippen LogP contribution < -0.4 is 5.32 Å². The van der Waals surface area contributed by atoms with E-state index in [9.17, 15) is 0 Å². The first-order valence-electron chi connectivity index (χ1n) is 5.82. The summed E-state index contributed by atoms with van der Waals surface area (Å²) in [4.78, 5) is 2.33. The van der Waals surface area contributed by atoms with Crippen molar-refractivity contribution in [2.45, 2.75) is 33.3 Å². The molecule has 3 nitrogen and oxygen atoms in total. The van der Waals surface area contributed by atoms with Crippen LogP contribution in [0.1, 0.15) is 27.7 Å². The van der Waals surface area contributed by atoms with Gasteiger partial charge in [0.2, 0.25) is 0 Å². The van der Waals surface area contributed by atoms with Gasteiger partial charge in [0.25, 0.3) is 0 Å². The molecule has 0 amide bonds. The fourth-order valence-electron chi connectivity index (χ4n) is 1.54. The molecule has 0 aromatic carbocycles. The van der Waals surface area contributed by atoms with Crippen LogP contribution in [0, 0.1) is 5.92 Å². The molecule has 0 saturated heterocycles. The number of ether oxygens (including phenoxy) is 1. The molecule has 0 aromatic rings. The molecule has 0 aliphatic carbocycles. The van der Waals surface area contributed by atoms with E-state index in [1.807, 2.05) is 7.05 Å². The van der Waals surface area contributed by atoms with Gasteiger partial charge in [0.15, 0.2) is 0 Å². The Kier molecular flexibility index (Phi) is 7.14. The molecule has 0 rings (SSSR count). The molecule has 0 bridgehead atoms. The minimum atomic E-state index is -0.0164. The van der Waals surface area contributed by atoms with Gasteiger partial charge in [-0.3, -0.25) is 0 Å². The van der Waals surface area contributed by atoms with Crippen LogP contribution in [0.5, 0.6) is 0 Å². The SMILES string of the molecule is CNCC(C)CN(C)CCOC(C)(C)C. The average molecular weight is 216 g/mol. The highest BCUT2D eigenvalue weighted by Gasteiger charge is 2.11. The maximum atomic E-state index is 5.68. The molecule has 0 fully saturated rings. The molecule has 1 atom stereocenters. The van der Waals surface area contributed by atoms with Crippen LogP contribution >= 0.6 is 0 Å². The normalized spacial score (nSPS) is 14.6. The maximum absolute atomic E-state index is 5.68. The first-order valence-corrected chi connectivity index (χ1v) is 5.82. The highest BCUT2D eigenvalue weighted by atomic mass is 16.5. The summed E-state index contributed by atoms with van der Waals surface area (Å²) in [5.41, 5.74) is -0.0164. The molecule has 92 valence electrons. The highest BCUT2D eigenvalue weighted by Crippen LogP contribution is 2.06. The van der Waals surface area contributed by atoms with Gasteiger partial charge in [-0.25, -0.2) is 0 Å². The van der Waals surface area contributed by atoms with Crippen molar-refractivity contribution in [2.75, 3.05) is 40.3 Å². The molecule has 15 heavy (non-hydrogen) atoms. The molecular weight excluding hydrogens is 188 g/mol. The summed E-state index contributed by atoms with van der Waals surface area (Å²) in [6, 6.07) is 0. The minimum Gasteiger partial charge on any atom is -0.375 e. The van der Waals surface area contributed by atoms with Crippen molar-refractivity contribution in [2.24, 2.45) is 5.92 Å². The minimum absolute atomic E-state index is 0.0164. The second kappa shape index (κ2) is 7.20. The van der Waals surface area contributed by atoms with Gasteiger partial charge in [0.1, 0.15) is 0 Å². The van der Waals surface area contributed by atoms with E-state index in [2.05, 4.69) is 45.0 Å². The largest absolute Gasteiger partial charge is 0.375 e.